The molecule has 0 aliphatic heterocycles. The van der Waals surface area contributed by atoms with Crippen LogP contribution in [0, 0.1) is 0 Å². The molecule has 0 aromatic heterocycles. The molecule has 4 heteroatoms. The van der Waals surface area contributed by atoms with Crippen LogP contribution in [0.25, 0.3) is 0 Å². The predicted molar refractivity (Wildman–Crippen MR) is 313 cm³/mol. The summed E-state index contributed by atoms with van der Waals surface area (Å²) in [6.07, 6.45) is 74.4. The van der Waals surface area contributed by atoms with Gasteiger partial charge < -0.3 is 18.9 Å². The van der Waals surface area contributed by atoms with Gasteiger partial charge in [0.2, 0.25) is 0 Å². The Balaban J connectivity index is 4.80. The van der Waals surface area contributed by atoms with Crippen molar-refractivity contribution < 1.29 is 18.9 Å². The van der Waals surface area contributed by atoms with E-state index >= 15 is 0 Å². The average Bonchev–Trinajstić information content (AvgIpc) is 3.37. The third-order valence-corrected chi connectivity index (χ3v) is 15.4. The maximum atomic E-state index is 6.65. The molecule has 0 aromatic rings. The van der Waals surface area contributed by atoms with Crippen molar-refractivity contribution in [2.45, 2.75) is 387 Å². The molecule has 0 heterocycles. The van der Waals surface area contributed by atoms with Crippen molar-refractivity contribution in [2.75, 3.05) is 39.6 Å². The molecular weight excluding hydrogens is 857 g/mol. The van der Waals surface area contributed by atoms with Gasteiger partial charge in [0, 0.05) is 26.4 Å². The fourth-order valence-corrected chi connectivity index (χ4v) is 10.4. The van der Waals surface area contributed by atoms with Gasteiger partial charge in [0.1, 0.15) is 0 Å². The van der Waals surface area contributed by atoms with E-state index in [1.54, 1.807) is 0 Å². The highest BCUT2D eigenvalue weighted by Crippen LogP contribution is 2.19. The molecule has 0 aliphatic rings. The minimum absolute atomic E-state index is 0.155. The van der Waals surface area contributed by atoms with Crippen molar-refractivity contribution in [3.63, 3.8) is 0 Å². The molecule has 0 aromatic carbocycles. The van der Waals surface area contributed by atoms with Crippen LogP contribution in [0.5, 0.6) is 0 Å². The summed E-state index contributed by atoms with van der Waals surface area (Å²) in [5, 5.41) is 0. The average molecular weight is 992 g/mol. The van der Waals surface area contributed by atoms with E-state index in [0.29, 0.717) is 0 Å². The van der Waals surface area contributed by atoms with E-state index in [9.17, 15) is 0 Å². The smallest absolute Gasteiger partial charge is 0.0809 e. The van der Waals surface area contributed by atoms with Crippen LogP contribution in [0.15, 0.2) is 0 Å². The molecule has 0 rings (SSSR count). The molecule has 4 nitrogen and oxygen atoms in total. The Kier molecular flexibility index (Phi) is 64.8. The monoisotopic (exact) mass is 991 g/mol. The Labute approximate surface area is 443 Å². The van der Waals surface area contributed by atoms with Crippen LogP contribution in [0.1, 0.15) is 374 Å². The lowest BCUT2D eigenvalue weighted by Gasteiger charge is -2.23. The van der Waals surface area contributed by atoms with Crippen LogP contribution in [0.3, 0.4) is 0 Å². The SMILES string of the molecule is CCCCCCCCCCCCCCCOC[C@@H](CC[C@@H](COCCCCCCCCCCCCCCC)OCCCCCCCCCCCCCCC)OCCCCCCCCCCCCCCC. The Morgan fingerprint density at radius 2 is 0.343 bits per heavy atom. The quantitative estimate of drug-likeness (QED) is 0.0569. The lowest BCUT2D eigenvalue weighted by molar-refractivity contribution is -0.0503. The highest BCUT2D eigenvalue weighted by Gasteiger charge is 2.16. The minimum atomic E-state index is 0.155. The van der Waals surface area contributed by atoms with Crippen LogP contribution in [0.4, 0.5) is 0 Å². The summed E-state index contributed by atoms with van der Waals surface area (Å²) in [5.74, 6) is 0. The zero-order valence-corrected chi connectivity index (χ0v) is 49.2. The van der Waals surface area contributed by atoms with Crippen LogP contribution >= 0.6 is 0 Å². The summed E-state index contributed by atoms with van der Waals surface area (Å²) in [5.41, 5.74) is 0. The van der Waals surface area contributed by atoms with Crippen molar-refractivity contribution in [1.82, 2.24) is 0 Å². The maximum absolute atomic E-state index is 6.65. The van der Waals surface area contributed by atoms with E-state index in [1.807, 2.05) is 0 Å². The number of rotatable bonds is 65. The largest absolute Gasteiger partial charge is 0.379 e. The van der Waals surface area contributed by atoms with E-state index < -0.39 is 0 Å². The van der Waals surface area contributed by atoms with Crippen LogP contribution in [-0.2, 0) is 18.9 Å². The lowest BCUT2D eigenvalue weighted by Crippen LogP contribution is -2.27. The van der Waals surface area contributed by atoms with Gasteiger partial charge in [-0.25, -0.2) is 0 Å². The first-order valence-corrected chi connectivity index (χ1v) is 33.2. The second-order valence-corrected chi connectivity index (χ2v) is 22.7. The fraction of sp³-hybridized carbons (Fsp3) is 1.00. The summed E-state index contributed by atoms with van der Waals surface area (Å²) in [6, 6.07) is 0. The van der Waals surface area contributed by atoms with E-state index in [0.717, 1.165) is 52.5 Å². The van der Waals surface area contributed by atoms with Gasteiger partial charge in [-0.15, -0.1) is 0 Å². The molecule has 0 fully saturated rings. The van der Waals surface area contributed by atoms with Crippen molar-refractivity contribution >= 4 is 0 Å². The third kappa shape index (κ3) is 60.4. The fourth-order valence-electron chi connectivity index (χ4n) is 10.4. The standard InChI is InChI=1S/C66H134O4/c1-5-9-13-17-21-25-29-33-37-41-45-49-53-59-67-63-65(69-61-55-51-47-43-39-35-31-27-23-19-15-11-7-3)57-58-66(70-62-56-52-48-44-40-36-32-28-24-20-16-12-8-4)64-68-60-54-50-46-42-38-34-30-26-22-18-14-10-6-2/h65-66H,5-64H2,1-4H3/t65-,66+. The number of hydrogen-bond acceptors (Lipinski definition) is 4. The second kappa shape index (κ2) is 65.0. The number of hydrogen-bond donors (Lipinski definition) is 0. The van der Waals surface area contributed by atoms with Gasteiger partial charge in [0.25, 0.3) is 0 Å². The summed E-state index contributed by atoms with van der Waals surface area (Å²) >= 11 is 0. The summed E-state index contributed by atoms with van der Waals surface area (Å²) in [7, 11) is 0. The molecule has 70 heavy (non-hydrogen) atoms. The molecule has 0 aliphatic carbocycles. The molecule has 422 valence electrons. The van der Waals surface area contributed by atoms with Gasteiger partial charge in [-0.2, -0.15) is 0 Å². The molecule has 2 atom stereocenters. The number of unbranched alkanes of at least 4 members (excludes halogenated alkanes) is 48. The second-order valence-electron chi connectivity index (χ2n) is 22.7. The maximum Gasteiger partial charge on any atom is 0.0809 e. The third-order valence-electron chi connectivity index (χ3n) is 15.4. The Morgan fingerprint density at radius 3 is 0.529 bits per heavy atom. The Bertz CT molecular complexity index is 810. The van der Waals surface area contributed by atoms with Gasteiger partial charge in [-0.3, -0.25) is 0 Å². The lowest BCUT2D eigenvalue weighted by atomic mass is 10.0. The van der Waals surface area contributed by atoms with Crippen molar-refractivity contribution in [3.8, 4) is 0 Å². The van der Waals surface area contributed by atoms with E-state index in [4.69, 9.17) is 18.9 Å². The molecule has 0 unspecified atom stereocenters. The van der Waals surface area contributed by atoms with Crippen LogP contribution in [-0.4, -0.2) is 51.8 Å². The van der Waals surface area contributed by atoms with E-state index in [2.05, 4.69) is 27.7 Å². The highest BCUT2D eigenvalue weighted by atomic mass is 16.5. The van der Waals surface area contributed by atoms with Gasteiger partial charge in [0.05, 0.1) is 25.4 Å². The first kappa shape index (κ1) is 69.8. The van der Waals surface area contributed by atoms with Gasteiger partial charge in [0.15, 0.2) is 0 Å². The topological polar surface area (TPSA) is 36.9 Å². The van der Waals surface area contributed by atoms with Gasteiger partial charge in [-0.05, 0) is 38.5 Å². The van der Waals surface area contributed by atoms with Crippen LogP contribution in [0.2, 0.25) is 0 Å². The molecule has 0 saturated carbocycles. The minimum Gasteiger partial charge on any atom is -0.379 e. The van der Waals surface area contributed by atoms with Crippen LogP contribution < -0.4 is 0 Å². The van der Waals surface area contributed by atoms with Gasteiger partial charge in [-0.1, -0.05) is 336 Å². The number of ether oxygens (including phenoxy) is 4. The van der Waals surface area contributed by atoms with Gasteiger partial charge >= 0.3 is 0 Å². The molecule has 0 spiro atoms. The molecular formula is C66H134O4. The Morgan fingerprint density at radius 1 is 0.186 bits per heavy atom. The Hall–Kier alpha value is -0.160. The van der Waals surface area contributed by atoms with E-state index in [-0.39, 0.29) is 12.2 Å². The normalized spacial score (nSPS) is 12.7. The molecule has 0 radical (unpaired) electrons. The van der Waals surface area contributed by atoms with Crippen molar-refractivity contribution in [2.24, 2.45) is 0 Å². The summed E-state index contributed by atoms with van der Waals surface area (Å²) in [4.78, 5) is 0. The molecule has 0 amide bonds. The zero-order valence-electron chi connectivity index (χ0n) is 49.2. The van der Waals surface area contributed by atoms with E-state index in [1.165, 1.54) is 334 Å². The predicted octanol–water partition coefficient (Wildman–Crippen LogP) is 22.9. The molecule has 0 bridgehead atoms. The first-order chi connectivity index (χ1) is 34.8. The first-order valence-electron chi connectivity index (χ1n) is 33.2. The molecule has 0 N–H and O–H groups in total. The summed E-state index contributed by atoms with van der Waals surface area (Å²) < 4.78 is 26.1. The molecule has 0 saturated heterocycles. The van der Waals surface area contributed by atoms with Crippen molar-refractivity contribution in [1.29, 1.82) is 0 Å². The van der Waals surface area contributed by atoms with Crippen molar-refractivity contribution in [3.05, 3.63) is 0 Å². The summed E-state index contributed by atoms with van der Waals surface area (Å²) in [6.45, 7) is 14.2. The zero-order chi connectivity index (χ0) is 50.4. The highest BCUT2D eigenvalue weighted by molar-refractivity contribution is 4.66.